The number of rotatable bonds is 0. The maximum Gasteiger partial charge on any atom is 0.417 e. The minimum atomic E-state index is -4.57. The second-order valence-electron chi connectivity index (χ2n) is 3.78. The Morgan fingerprint density at radius 3 is 2.47 bits per heavy atom. The lowest BCUT2D eigenvalue weighted by Crippen LogP contribution is -2.28. The van der Waals surface area contributed by atoms with Gasteiger partial charge in [0.2, 0.25) is 0 Å². The van der Waals surface area contributed by atoms with Crippen LogP contribution in [-0.4, -0.2) is 4.68 Å². The summed E-state index contributed by atoms with van der Waals surface area (Å²) in [7, 11) is 0. The number of hydrogen-bond donors (Lipinski definition) is 1. The van der Waals surface area contributed by atoms with E-state index in [9.17, 15) is 18.0 Å². The Balaban J connectivity index is 2.98. The van der Waals surface area contributed by atoms with Crippen LogP contribution in [0.25, 0.3) is 10.9 Å². The highest BCUT2D eigenvalue weighted by Gasteiger charge is 2.33. The van der Waals surface area contributed by atoms with E-state index < -0.39 is 17.3 Å². The third-order valence-corrected chi connectivity index (χ3v) is 2.51. The fraction of sp³-hybridized carbons (Fsp3) is 0.182. The number of alkyl halides is 3. The van der Waals surface area contributed by atoms with Crippen LogP contribution in [0.5, 0.6) is 0 Å². The summed E-state index contributed by atoms with van der Waals surface area (Å²) in [6.45, 7) is 1.67. The smallest absolute Gasteiger partial charge is 0.336 e. The Morgan fingerprint density at radius 2 is 1.88 bits per heavy atom. The lowest BCUT2D eigenvalue weighted by Gasteiger charge is -2.12. The third kappa shape index (κ3) is 1.86. The Labute approximate surface area is 94.2 Å². The van der Waals surface area contributed by atoms with Crippen molar-refractivity contribution in [3.05, 3.63) is 45.7 Å². The molecule has 0 atom stereocenters. The van der Waals surface area contributed by atoms with Gasteiger partial charge in [0.05, 0.1) is 11.1 Å². The lowest BCUT2D eigenvalue weighted by molar-refractivity contribution is -0.136. The number of halogens is 3. The van der Waals surface area contributed by atoms with Gasteiger partial charge in [0.15, 0.2) is 0 Å². The molecule has 0 saturated heterocycles. The molecule has 1 aromatic carbocycles. The molecule has 0 amide bonds. The summed E-state index contributed by atoms with van der Waals surface area (Å²) < 4.78 is 39.0. The number of nitrogens with zero attached hydrogens (tertiary/aromatic N) is 1. The van der Waals surface area contributed by atoms with E-state index >= 15 is 0 Å². The number of benzene rings is 1. The molecule has 0 aliphatic rings. The first-order valence-corrected chi connectivity index (χ1v) is 4.79. The predicted molar refractivity (Wildman–Crippen MR) is 58.1 cm³/mol. The van der Waals surface area contributed by atoms with Crippen LogP contribution in [0.15, 0.2) is 29.1 Å². The van der Waals surface area contributed by atoms with Crippen LogP contribution in [0.1, 0.15) is 11.1 Å². The Kier molecular flexibility index (Phi) is 2.38. The first-order chi connectivity index (χ1) is 7.80. The Morgan fingerprint density at radius 1 is 1.24 bits per heavy atom. The van der Waals surface area contributed by atoms with Gasteiger partial charge in [-0.2, -0.15) is 13.2 Å². The van der Waals surface area contributed by atoms with Crippen molar-refractivity contribution in [1.82, 2.24) is 4.68 Å². The summed E-state index contributed by atoms with van der Waals surface area (Å²) in [6.07, 6.45) is -4.57. The minimum Gasteiger partial charge on any atom is -0.336 e. The van der Waals surface area contributed by atoms with E-state index in [1.807, 2.05) is 0 Å². The Bertz CT molecular complexity index is 643. The first kappa shape index (κ1) is 11.5. The number of aromatic nitrogens is 1. The molecule has 3 nitrogen and oxygen atoms in total. The van der Waals surface area contributed by atoms with Gasteiger partial charge in [-0.25, -0.2) is 4.68 Å². The van der Waals surface area contributed by atoms with Crippen LogP contribution in [0.4, 0.5) is 13.2 Å². The molecule has 0 radical (unpaired) electrons. The standard InChI is InChI=1S/C11H9F3N2O/c1-6-2-3-9-7(4-6)8(11(12,13)14)5-10(17)16(9)15/h2-5H,15H2,1H3. The minimum absolute atomic E-state index is 0.0652. The number of nitrogen functional groups attached to an aromatic ring is 1. The molecule has 0 fully saturated rings. The van der Waals surface area contributed by atoms with Crippen molar-refractivity contribution in [2.75, 3.05) is 5.84 Å². The quantitative estimate of drug-likeness (QED) is 0.718. The monoisotopic (exact) mass is 242 g/mol. The van der Waals surface area contributed by atoms with Crippen LogP contribution in [0, 0.1) is 6.92 Å². The van der Waals surface area contributed by atoms with E-state index in [0.717, 1.165) is 0 Å². The van der Waals surface area contributed by atoms with Crippen LogP contribution >= 0.6 is 0 Å². The molecule has 1 aromatic heterocycles. The van der Waals surface area contributed by atoms with Crippen LogP contribution in [-0.2, 0) is 6.18 Å². The van der Waals surface area contributed by atoms with Crippen molar-refractivity contribution in [3.63, 3.8) is 0 Å². The average Bonchev–Trinajstić information content (AvgIpc) is 2.21. The fourth-order valence-electron chi connectivity index (χ4n) is 1.70. The second-order valence-corrected chi connectivity index (χ2v) is 3.78. The molecular weight excluding hydrogens is 233 g/mol. The third-order valence-electron chi connectivity index (χ3n) is 2.51. The fourth-order valence-corrected chi connectivity index (χ4v) is 1.70. The molecule has 0 unspecified atom stereocenters. The van der Waals surface area contributed by atoms with Crippen LogP contribution < -0.4 is 11.4 Å². The maximum absolute atomic E-state index is 12.8. The summed E-state index contributed by atoms with van der Waals surface area (Å²) in [5.74, 6) is 5.42. The molecule has 0 aliphatic carbocycles. The summed E-state index contributed by atoms with van der Waals surface area (Å²) in [6, 6.07) is 4.88. The van der Waals surface area contributed by atoms with E-state index in [2.05, 4.69) is 0 Å². The average molecular weight is 242 g/mol. The molecule has 0 spiro atoms. The second kappa shape index (κ2) is 3.51. The van der Waals surface area contributed by atoms with Gasteiger partial charge in [0, 0.05) is 11.5 Å². The summed E-state index contributed by atoms with van der Waals surface area (Å²) in [5, 5.41) is -0.0698. The zero-order chi connectivity index (χ0) is 12.8. The highest BCUT2D eigenvalue weighted by Crippen LogP contribution is 2.33. The van der Waals surface area contributed by atoms with Gasteiger partial charge < -0.3 is 5.84 Å². The number of nitrogens with two attached hydrogens (primary N) is 1. The van der Waals surface area contributed by atoms with E-state index in [1.165, 1.54) is 12.1 Å². The molecule has 0 aliphatic heterocycles. The summed E-state index contributed by atoms with van der Waals surface area (Å²) >= 11 is 0. The Hall–Kier alpha value is -1.98. The zero-order valence-corrected chi connectivity index (χ0v) is 8.88. The van der Waals surface area contributed by atoms with Gasteiger partial charge in [-0.3, -0.25) is 4.79 Å². The number of fused-ring (bicyclic) bond motifs is 1. The van der Waals surface area contributed by atoms with Gasteiger partial charge in [0.1, 0.15) is 0 Å². The predicted octanol–water partition coefficient (Wildman–Crippen LogP) is 2.04. The zero-order valence-electron chi connectivity index (χ0n) is 8.88. The van der Waals surface area contributed by atoms with Crippen molar-refractivity contribution < 1.29 is 13.2 Å². The van der Waals surface area contributed by atoms with Gasteiger partial charge in [-0.15, -0.1) is 0 Å². The van der Waals surface area contributed by atoms with E-state index in [1.54, 1.807) is 13.0 Å². The first-order valence-electron chi connectivity index (χ1n) is 4.79. The van der Waals surface area contributed by atoms with Gasteiger partial charge in [-0.05, 0) is 19.1 Å². The molecule has 6 heteroatoms. The molecule has 0 bridgehead atoms. The van der Waals surface area contributed by atoms with Crippen LogP contribution in [0.2, 0.25) is 0 Å². The van der Waals surface area contributed by atoms with Gasteiger partial charge >= 0.3 is 6.18 Å². The maximum atomic E-state index is 12.8. The molecule has 0 saturated carbocycles. The van der Waals surface area contributed by atoms with Gasteiger partial charge in [0.25, 0.3) is 5.56 Å². The van der Waals surface area contributed by atoms with Gasteiger partial charge in [-0.1, -0.05) is 11.6 Å². The normalized spacial score (nSPS) is 12.0. The molecule has 1 heterocycles. The highest BCUT2D eigenvalue weighted by atomic mass is 19.4. The SMILES string of the molecule is Cc1ccc2c(c1)c(C(F)(F)F)cc(=O)n2N. The molecular formula is C11H9F3N2O. The van der Waals surface area contributed by atoms with Crippen molar-refractivity contribution in [2.45, 2.75) is 13.1 Å². The highest BCUT2D eigenvalue weighted by molar-refractivity contribution is 5.83. The van der Waals surface area contributed by atoms with Crippen molar-refractivity contribution in [3.8, 4) is 0 Å². The molecule has 90 valence electrons. The van der Waals surface area contributed by atoms with Crippen molar-refractivity contribution >= 4 is 10.9 Å². The lowest BCUT2D eigenvalue weighted by atomic mass is 10.1. The molecule has 2 rings (SSSR count). The molecule has 2 N–H and O–H groups in total. The summed E-state index contributed by atoms with van der Waals surface area (Å²) in [5.41, 5.74) is -1.10. The number of pyridine rings is 1. The van der Waals surface area contributed by atoms with E-state index in [4.69, 9.17) is 5.84 Å². The molecule has 2 aromatic rings. The largest absolute Gasteiger partial charge is 0.417 e. The number of aryl methyl sites for hydroxylation is 1. The number of hydrogen-bond acceptors (Lipinski definition) is 2. The van der Waals surface area contributed by atoms with E-state index in [-0.39, 0.29) is 10.9 Å². The molecule has 17 heavy (non-hydrogen) atoms. The summed E-state index contributed by atoms with van der Waals surface area (Å²) in [4.78, 5) is 11.3. The van der Waals surface area contributed by atoms with E-state index in [0.29, 0.717) is 16.3 Å². The van der Waals surface area contributed by atoms with Crippen molar-refractivity contribution in [1.29, 1.82) is 0 Å². The van der Waals surface area contributed by atoms with Crippen LogP contribution in [0.3, 0.4) is 0 Å². The van der Waals surface area contributed by atoms with Crippen molar-refractivity contribution in [2.24, 2.45) is 0 Å². The topological polar surface area (TPSA) is 48.0 Å².